The van der Waals surface area contributed by atoms with Crippen molar-refractivity contribution >= 4 is 28.6 Å². The minimum atomic E-state index is -4.42. The van der Waals surface area contributed by atoms with Gasteiger partial charge in [0.05, 0.1) is 27.5 Å². The monoisotopic (exact) mass is 320 g/mol. The Kier molecular flexibility index (Phi) is 4.55. The number of benzene rings is 1. The van der Waals surface area contributed by atoms with E-state index in [2.05, 4.69) is 10.3 Å². The third-order valence-electron chi connectivity index (χ3n) is 2.82. The molecule has 0 amide bonds. The van der Waals surface area contributed by atoms with Gasteiger partial charge in [-0.2, -0.15) is 13.2 Å². The molecule has 0 spiro atoms. The molecule has 0 fully saturated rings. The van der Waals surface area contributed by atoms with Gasteiger partial charge in [0.2, 0.25) is 0 Å². The Labute approximate surface area is 123 Å². The number of hydrogen-bond acceptors (Lipinski definition) is 3. The lowest BCUT2D eigenvalue weighted by Gasteiger charge is -2.15. The van der Waals surface area contributed by atoms with Gasteiger partial charge in [-0.15, -0.1) is 11.3 Å². The number of thiazole rings is 1. The molecule has 0 bridgehead atoms. The second-order valence-electron chi connectivity index (χ2n) is 4.20. The van der Waals surface area contributed by atoms with Gasteiger partial charge in [-0.3, -0.25) is 0 Å². The number of aromatic nitrogens is 1. The molecule has 0 aliphatic rings. The average Bonchev–Trinajstić information content (AvgIpc) is 2.76. The van der Waals surface area contributed by atoms with Crippen LogP contribution in [0.3, 0.4) is 0 Å². The molecule has 0 atom stereocenters. The predicted molar refractivity (Wildman–Crippen MR) is 75.5 cm³/mol. The molecule has 0 aliphatic carbocycles. The summed E-state index contributed by atoms with van der Waals surface area (Å²) in [6.07, 6.45) is -3.81. The highest BCUT2D eigenvalue weighted by atomic mass is 35.5. The first-order chi connectivity index (χ1) is 9.39. The van der Waals surface area contributed by atoms with Gasteiger partial charge >= 0.3 is 6.18 Å². The van der Waals surface area contributed by atoms with E-state index in [0.717, 1.165) is 16.6 Å². The molecular weight excluding hydrogens is 309 g/mol. The summed E-state index contributed by atoms with van der Waals surface area (Å²) in [6, 6.07) is 3.76. The van der Waals surface area contributed by atoms with E-state index in [4.69, 9.17) is 11.6 Å². The zero-order valence-electron chi connectivity index (χ0n) is 10.6. The van der Waals surface area contributed by atoms with Crippen molar-refractivity contribution in [3.8, 4) is 0 Å². The number of alkyl halides is 3. The summed E-state index contributed by atoms with van der Waals surface area (Å²) in [5, 5.41) is 2.85. The fourth-order valence-electron chi connectivity index (χ4n) is 1.81. The van der Waals surface area contributed by atoms with E-state index >= 15 is 0 Å². The summed E-state index contributed by atoms with van der Waals surface area (Å²) in [4.78, 5) is 5.16. The molecule has 7 heteroatoms. The van der Waals surface area contributed by atoms with E-state index in [9.17, 15) is 13.2 Å². The number of nitrogens with zero attached hydrogens (tertiary/aromatic N) is 1. The third-order valence-corrected chi connectivity index (χ3v) is 4.13. The number of rotatable bonds is 4. The number of anilines is 1. The van der Waals surface area contributed by atoms with Crippen molar-refractivity contribution < 1.29 is 13.2 Å². The molecule has 0 saturated carbocycles. The number of aryl methyl sites for hydroxylation is 1. The van der Waals surface area contributed by atoms with E-state index in [1.165, 1.54) is 23.5 Å². The van der Waals surface area contributed by atoms with Gasteiger partial charge in [0.25, 0.3) is 0 Å². The van der Waals surface area contributed by atoms with Crippen molar-refractivity contribution in [2.45, 2.75) is 19.5 Å². The van der Waals surface area contributed by atoms with Gasteiger partial charge in [-0.05, 0) is 19.1 Å². The highest BCUT2D eigenvalue weighted by Crippen LogP contribution is 2.38. The summed E-state index contributed by atoms with van der Waals surface area (Å²) in [5.74, 6) is 0. The second-order valence-corrected chi connectivity index (χ2v) is 5.54. The molecule has 1 N–H and O–H groups in total. The summed E-state index contributed by atoms with van der Waals surface area (Å²) >= 11 is 7.35. The maximum absolute atomic E-state index is 12.9. The first-order valence-electron chi connectivity index (χ1n) is 5.88. The van der Waals surface area contributed by atoms with Crippen molar-refractivity contribution in [2.75, 3.05) is 11.9 Å². The quantitative estimate of drug-likeness (QED) is 0.877. The van der Waals surface area contributed by atoms with Crippen molar-refractivity contribution in [3.63, 3.8) is 0 Å². The van der Waals surface area contributed by atoms with E-state index in [-0.39, 0.29) is 10.7 Å². The molecule has 0 aliphatic heterocycles. The standard InChI is InChI=1S/C13H12ClF3N2S/c1-8-11(20-7-19-8)5-6-18-12-9(13(15,16)17)3-2-4-10(12)14/h2-4,7,18H,5-6H2,1H3. The number of halogens is 4. The Morgan fingerprint density at radius 1 is 1.35 bits per heavy atom. The first kappa shape index (κ1) is 15.1. The van der Waals surface area contributed by atoms with E-state index < -0.39 is 11.7 Å². The third kappa shape index (κ3) is 3.43. The van der Waals surface area contributed by atoms with Crippen LogP contribution in [-0.2, 0) is 12.6 Å². The molecule has 0 radical (unpaired) electrons. The van der Waals surface area contributed by atoms with Crippen LogP contribution in [0.4, 0.5) is 18.9 Å². The minimum absolute atomic E-state index is 0.0659. The van der Waals surface area contributed by atoms with Gasteiger partial charge in [-0.1, -0.05) is 17.7 Å². The van der Waals surface area contributed by atoms with E-state index in [1.54, 1.807) is 5.51 Å². The number of hydrogen-bond donors (Lipinski definition) is 1. The maximum atomic E-state index is 12.9. The number of nitrogens with one attached hydrogen (secondary N) is 1. The molecule has 2 rings (SSSR count). The lowest BCUT2D eigenvalue weighted by molar-refractivity contribution is -0.136. The van der Waals surface area contributed by atoms with Gasteiger partial charge in [-0.25, -0.2) is 4.98 Å². The molecule has 2 nitrogen and oxygen atoms in total. The van der Waals surface area contributed by atoms with Crippen LogP contribution in [0.2, 0.25) is 5.02 Å². The van der Waals surface area contributed by atoms with Crippen LogP contribution >= 0.6 is 22.9 Å². The van der Waals surface area contributed by atoms with Crippen LogP contribution in [-0.4, -0.2) is 11.5 Å². The normalized spacial score (nSPS) is 11.7. The molecular formula is C13H12ClF3N2S. The molecule has 2 aromatic rings. The van der Waals surface area contributed by atoms with Crippen molar-refractivity contribution in [3.05, 3.63) is 44.9 Å². The number of para-hydroxylation sites is 1. The van der Waals surface area contributed by atoms with Crippen LogP contribution in [0.5, 0.6) is 0 Å². The molecule has 1 aromatic carbocycles. The van der Waals surface area contributed by atoms with E-state index in [0.29, 0.717) is 13.0 Å². The Hall–Kier alpha value is -1.27. The summed E-state index contributed by atoms with van der Waals surface area (Å²) in [7, 11) is 0. The van der Waals surface area contributed by atoms with Crippen molar-refractivity contribution in [1.29, 1.82) is 0 Å². The van der Waals surface area contributed by atoms with Crippen molar-refractivity contribution in [1.82, 2.24) is 4.98 Å². The fraction of sp³-hybridized carbons (Fsp3) is 0.308. The highest BCUT2D eigenvalue weighted by Gasteiger charge is 2.34. The Balaban J connectivity index is 2.11. The molecule has 1 aromatic heterocycles. The molecule has 1 heterocycles. The van der Waals surface area contributed by atoms with Crippen LogP contribution in [0, 0.1) is 6.92 Å². The molecule has 0 saturated heterocycles. The smallest absolute Gasteiger partial charge is 0.383 e. The summed E-state index contributed by atoms with van der Waals surface area (Å²) < 4.78 is 38.7. The van der Waals surface area contributed by atoms with Crippen molar-refractivity contribution in [2.24, 2.45) is 0 Å². The predicted octanol–water partition coefficient (Wildman–Crippen LogP) is 4.78. The van der Waals surface area contributed by atoms with Crippen LogP contribution in [0.25, 0.3) is 0 Å². The summed E-state index contributed by atoms with van der Waals surface area (Å²) in [5.41, 5.74) is 1.82. The van der Waals surface area contributed by atoms with Crippen LogP contribution in [0.1, 0.15) is 16.1 Å². The van der Waals surface area contributed by atoms with E-state index in [1.807, 2.05) is 6.92 Å². The highest BCUT2D eigenvalue weighted by molar-refractivity contribution is 7.09. The second kappa shape index (κ2) is 6.01. The zero-order chi connectivity index (χ0) is 14.8. The lowest BCUT2D eigenvalue weighted by atomic mass is 10.1. The fourth-order valence-corrected chi connectivity index (χ4v) is 2.83. The van der Waals surface area contributed by atoms with Crippen LogP contribution < -0.4 is 5.32 Å². The topological polar surface area (TPSA) is 24.9 Å². The minimum Gasteiger partial charge on any atom is -0.383 e. The van der Waals surface area contributed by atoms with Gasteiger partial charge in [0.1, 0.15) is 0 Å². The summed E-state index contributed by atoms with van der Waals surface area (Å²) in [6.45, 7) is 2.25. The van der Waals surface area contributed by atoms with Gasteiger partial charge in [0.15, 0.2) is 0 Å². The van der Waals surface area contributed by atoms with Gasteiger partial charge < -0.3 is 5.32 Å². The maximum Gasteiger partial charge on any atom is 0.418 e. The first-order valence-corrected chi connectivity index (χ1v) is 7.14. The average molecular weight is 321 g/mol. The zero-order valence-corrected chi connectivity index (χ0v) is 12.2. The molecule has 20 heavy (non-hydrogen) atoms. The van der Waals surface area contributed by atoms with Gasteiger partial charge in [0, 0.05) is 17.8 Å². The lowest BCUT2D eigenvalue weighted by Crippen LogP contribution is -2.13. The van der Waals surface area contributed by atoms with Crippen LogP contribution in [0.15, 0.2) is 23.7 Å². The molecule has 108 valence electrons. The SMILES string of the molecule is Cc1ncsc1CCNc1c(Cl)cccc1C(F)(F)F. The Morgan fingerprint density at radius 3 is 2.70 bits per heavy atom. The Bertz CT molecular complexity index is 596. The Morgan fingerprint density at radius 2 is 2.10 bits per heavy atom. The largest absolute Gasteiger partial charge is 0.418 e. The molecule has 0 unspecified atom stereocenters.